The largest absolute Gasteiger partial charge is 0.466 e. The molecule has 2 heterocycles. The highest BCUT2D eigenvalue weighted by Crippen LogP contribution is 2.42. The first kappa shape index (κ1) is 23.3. The molecule has 1 aromatic rings. The van der Waals surface area contributed by atoms with Crippen LogP contribution in [0.4, 0.5) is 5.82 Å². The van der Waals surface area contributed by atoms with Crippen molar-refractivity contribution in [2.45, 2.75) is 26.2 Å². The molecule has 1 aromatic heterocycles. The molecule has 0 bridgehead atoms. The number of hydrogen-bond donors (Lipinski definition) is 1. The van der Waals surface area contributed by atoms with Gasteiger partial charge in [0.05, 0.1) is 37.4 Å². The second-order valence-electron chi connectivity index (χ2n) is 6.49. The van der Waals surface area contributed by atoms with Gasteiger partial charge in [-0.1, -0.05) is 0 Å². The zero-order chi connectivity index (χ0) is 23.3. The van der Waals surface area contributed by atoms with E-state index in [1.807, 2.05) is 0 Å². The predicted molar refractivity (Wildman–Crippen MR) is 102 cm³/mol. The minimum Gasteiger partial charge on any atom is -0.466 e. The summed E-state index contributed by atoms with van der Waals surface area (Å²) in [5.74, 6) is -3.37. The lowest BCUT2D eigenvalue weighted by atomic mass is 9.82. The first-order valence-electron chi connectivity index (χ1n) is 8.97. The summed E-state index contributed by atoms with van der Waals surface area (Å²) in [4.78, 5) is 54.4. The van der Waals surface area contributed by atoms with E-state index in [1.165, 1.54) is 17.9 Å². The molecule has 1 N–H and O–H groups in total. The number of nitro groups is 1. The van der Waals surface area contributed by atoms with Crippen molar-refractivity contribution in [1.82, 2.24) is 14.9 Å². The standard InChI is InChI=1S/C17H21N5O9/c1-9-11(16(23)29-4)13(14-15(21(25)26)18-8-20(14)3)12(10(2)19-9)17(24)30-6-5-7-31-22(27)28/h8,13,19H,5-7H2,1-4H3. The van der Waals surface area contributed by atoms with Crippen LogP contribution >= 0.6 is 0 Å². The molecule has 2 rings (SSSR count). The van der Waals surface area contributed by atoms with Crippen LogP contribution in [0.1, 0.15) is 31.9 Å². The van der Waals surface area contributed by atoms with Gasteiger partial charge in [0.15, 0.2) is 0 Å². The van der Waals surface area contributed by atoms with Gasteiger partial charge in [0.2, 0.25) is 6.33 Å². The first-order chi connectivity index (χ1) is 14.6. The van der Waals surface area contributed by atoms with E-state index in [0.717, 1.165) is 7.11 Å². The molecule has 14 heteroatoms. The SMILES string of the molecule is COC(=O)C1=C(C)NC(C)=C(C(=O)OCCCO[N+](=O)[O-])C1c1c([N+](=O)[O-])ncn1C. The fourth-order valence-electron chi connectivity index (χ4n) is 3.26. The Kier molecular flexibility index (Phi) is 7.28. The highest BCUT2D eigenvalue weighted by Gasteiger charge is 2.43. The Bertz CT molecular complexity index is 979. The quantitative estimate of drug-likeness (QED) is 0.250. The van der Waals surface area contributed by atoms with E-state index in [-0.39, 0.29) is 36.5 Å². The third kappa shape index (κ3) is 4.96. The van der Waals surface area contributed by atoms with E-state index in [0.29, 0.717) is 11.4 Å². The molecule has 0 spiro atoms. The molecule has 0 saturated carbocycles. The van der Waals surface area contributed by atoms with Crippen LogP contribution in [0.25, 0.3) is 0 Å². The highest BCUT2D eigenvalue weighted by molar-refractivity contribution is 6.00. The number of nitrogens with one attached hydrogen (secondary N) is 1. The number of dihydropyridines is 1. The molecule has 0 aromatic carbocycles. The smallest absolute Gasteiger partial charge is 0.385 e. The Morgan fingerprint density at radius 3 is 2.32 bits per heavy atom. The van der Waals surface area contributed by atoms with Crippen molar-refractivity contribution < 1.29 is 33.9 Å². The second kappa shape index (κ2) is 9.69. The summed E-state index contributed by atoms with van der Waals surface area (Å²) in [6.45, 7) is 2.64. The van der Waals surface area contributed by atoms with Crippen LogP contribution in [0, 0.1) is 20.2 Å². The Labute approximate surface area is 175 Å². The number of methoxy groups -OCH3 is 1. The number of carbonyl (C=O) groups excluding carboxylic acids is 2. The van der Waals surface area contributed by atoms with Gasteiger partial charge in [-0.3, -0.25) is 0 Å². The van der Waals surface area contributed by atoms with Crippen LogP contribution in [-0.2, 0) is 30.9 Å². The maximum atomic E-state index is 12.9. The number of esters is 2. The lowest BCUT2D eigenvalue weighted by Gasteiger charge is -2.29. The van der Waals surface area contributed by atoms with Crippen molar-refractivity contribution in [2.24, 2.45) is 7.05 Å². The van der Waals surface area contributed by atoms with Gasteiger partial charge in [-0.25, -0.2) is 9.59 Å². The Morgan fingerprint density at radius 2 is 1.77 bits per heavy atom. The average molecular weight is 439 g/mol. The molecule has 1 unspecified atom stereocenters. The van der Waals surface area contributed by atoms with E-state index in [2.05, 4.69) is 15.1 Å². The molecule has 31 heavy (non-hydrogen) atoms. The Balaban J connectivity index is 2.48. The van der Waals surface area contributed by atoms with Gasteiger partial charge >= 0.3 is 17.8 Å². The fraction of sp³-hybridized carbons (Fsp3) is 0.471. The van der Waals surface area contributed by atoms with E-state index >= 15 is 0 Å². The van der Waals surface area contributed by atoms with Crippen molar-refractivity contribution in [1.29, 1.82) is 0 Å². The molecular weight excluding hydrogens is 418 g/mol. The van der Waals surface area contributed by atoms with Crippen LogP contribution in [0.5, 0.6) is 0 Å². The molecule has 0 amide bonds. The number of imidazole rings is 1. The van der Waals surface area contributed by atoms with E-state index in [9.17, 15) is 29.8 Å². The van der Waals surface area contributed by atoms with Gasteiger partial charge in [-0.2, -0.15) is 0 Å². The van der Waals surface area contributed by atoms with Gasteiger partial charge < -0.3 is 34.3 Å². The summed E-state index contributed by atoms with van der Waals surface area (Å²) < 4.78 is 11.4. The lowest BCUT2D eigenvalue weighted by molar-refractivity contribution is -0.757. The molecular formula is C17H21N5O9. The van der Waals surface area contributed by atoms with Crippen molar-refractivity contribution in [3.8, 4) is 0 Å². The van der Waals surface area contributed by atoms with Crippen molar-refractivity contribution in [3.05, 3.63) is 54.8 Å². The second-order valence-corrected chi connectivity index (χ2v) is 6.49. The lowest BCUT2D eigenvalue weighted by Crippen LogP contribution is -2.33. The van der Waals surface area contributed by atoms with Crippen LogP contribution in [0.15, 0.2) is 28.9 Å². The number of aryl methyl sites for hydroxylation is 1. The van der Waals surface area contributed by atoms with Crippen LogP contribution < -0.4 is 5.32 Å². The Hall–Kier alpha value is -3.97. The maximum Gasteiger partial charge on any atom is 0.385 e. The number of carbonyl (C=O) groups is 2. The summed E-state index contributed by atoms with van der Waals surface area (Å²) in [6.07, 6.45) is 1.24. The number of rotatable bonds is 9. The zero-order valence-electron chi connectivity index (χ0n) is 17.2. The third-order valence-corrected chi connectivity index (χ3v) is 4.51. The van der Waals surface area contributed by atoms with E-state index < -0.39 is 33.7 Å². The summed E-state index contributed by atoms with van der Waals surface area (Å²) >= 11 is 0. The number of hydrogen-bond acceptors (Lipinski definition) is 11. The van der Waals surface area contributed by atoms with Crippen molar-refractivity contribution >= 4 is 17.8 Å². The monoisotopic (exact) mass is 439 g/mol. The van der Waals surface area contributed by atoms with Crippen molar-refractivity contribution in [2.75, 3.05) is 20.3 Å². The summed E-state index contributed by atoms with van der Waals surface area (Å²) in [6, 6.07) is 0. The summed E-state index contributed by atoms with van der Waals surface area (Å²) in [5.41, 5.74) is 0.600. The predicted octanol–water partition coefficient (Wildman–Crippen LogP) is 0.878. The molecule has 1 aliphatic heterocycles. The highest BCUT2D eigenvalue weighted by atomic mass is 16.9. The number of ether oxygens (including phenoxy) is 2. The van der Waals surface area contributed by atoms with Gasteiger partial charge in [0.25, 0.3) is 5.09 Å². The van der Waals surface area contributed by atoms with Crippen LogP contribution in [0.2, 0.25) is 0 Å². The topological polar surface area (TPSA) is 178 Å². The zero-order valence-corrected chi connectivity index (χ0v) is 17.2. The minimum atomic E-state index is -1.19. The Morgan fingerprint density at radius 1 is 1.16 bits per heavy atom. The molecule has 14 nitrogen and oxygen atoms in total. The van der Waals surface area contributed by atoms with Gasteiger partial charge in [-0.15, -0.1) is 10.1 Å². The molecule has 0 saturated heterocycles. The number of nitrogens with zero attached hydrogens (tertiary/aromatic N) is 4. The molecule has 0 aliphatic carbocycles. The number of aromatic nitrogens is 2. The molecule has 1 atom stereocenters. The average Bonchev–Trinajstić information content (AvgIpc) is 3.07. The van der Waals surface area contributed by atoms with Crippen LogP contribution in [-0.4, -0.2) is 51.8 Å². The number of allylic oxidation sites excluding steroid dienone is 2. The summed E-state index contributed by atoms with van der Waals surface area (Å²) in [7, 11) is 2.64. The van der Waals surface area contributed by atoms with Gasteiger partial charge in [0.1, 0.15) is 5.69 Å². The molecule has 0 fully saturated rings. The minimum absolute atomic E-state index is 0.00534. The van der Waals surface area contributed by atoms with Crippen molar-refractivity contribution in [3.63, 3.8) is 0 Å². The van der Waals surface area contributed by atoms with E-state index in [1.54, 1.807) is 13.8 Å². The molecule has 0 radical (unpaired) electrons. The van der Waals surface area contributed by atoms with Crippen LogP contribution in [0.3, 0.4) is 0 Å². The molecule has 1 aliphatic rings. The van der Waals surface area contributed by atoms with Gasteiger partial charge in [0, 0.05) is 24.9 Å². The fourth-order valence-corrected chi connectivity index (χ4v) is 3.26. The molecule has 168 valence electrons. The normalized spacial score (nSPS) is 15.9. The van der Waals surface area contributed by atoms with Gasteiger partial charge in [-0.05, 0) is 23.8 Å². The first-order valence-corrected chi connectivity index (χ1v) is 8.97. The van der Waals surface area contributed by atoms with E-state index in [4.69, 9.17) is 9.47 Å². The maximum absolute atomic E-state index is 12.9. The summed E-state index contributed by atoms with van der Waals surface area (Å²) in [5, 5.41) is 23.7. The third-order valence-electron chi connectivity index (χ3n) is 4.51.